The van der Waals surface area contributed by atoms with Gasteiger partial charge in [-0.05, 0) is 48.5 Å². The van der Waals surface area contributed by atoms with Crippen LogP contribution >= 0.6 is 22.9 Å². The molecule has 0 radical (unpaired) electrons. The van der Waals surface area contributed by atoms with Crippen LogP contribution in [0.1, 0.15) is 0 Å². The van der Waals surface area contributed by atoms with Gasteiger partial charge in [0.15, 0.2) is 0 Å². The molecule has 0 bridgehead atoms. The number of thiophene rings is 1. The summed E-state index contributed by atoms with van der Waals surface area (Å²) in [4.78, 5) is 41.6. The van der Waals surface area contributed by atoms with Crippen molar-refractivity contribution in [3.8, 4) is 5.69 Å². The summed E-state index contributed by atoms with van der Waals surface area (Å²) >= 11 is 6.96. The Hall–Kier alpha value is -2.81. The molecule has 0 saturated carbocycles. The first-order valence-corrected chi connectivity index (χ1v) is 11.6. The van der Waals surface area contributed by atoms with Gasteiger partial charge in [-0.15, -0.1) is 11.3 Å². The predicted molar refractivity (Wildman–Crippen MR) is 135 cm³/mol. The van der Waals surface area contributed by atoms with E-state index < -0.39 is 33.6 Å². The third-order valence-corrected chi connectivity index (χ3v) is 6.27. The van der Waals surface area contributed by atoms with E-state index in [0.717, 1.165) is 26.9 Å². The van der Waals surface area contributed by atoms with Crippen LogP contribution in [0, 0.1) is 5.82 Å². The minimum atomic E-state index is -2.99. The van der Waals surface area contributed by atoms with Crippen LogP contribution in [-0.2, 0) is 10.5 Å². The molecule has 4 aromatic rings. The monoisotopic (exact) mass is 545 g/mol. The molecule has 2 aromatic heterocycles. The Morgan fingerprint density at radius 1 is 1.17 bits per heavy atom. The number of carbonyl (C=O) groups excluding carboxylic acids is 1. The van der Waals surface area contributed by atoms with Gasteiger partial charge in [0.25, 0.3) is 5.56 Å². The van der Waals surface area contributed by atoms with Crippen molar-refractivity contribution < 1.29 is 17.6 Å². The SMILES string of the molecule is CNc1cc2[nH]c(=O)n(-c3ccc(N(C(=O)N=S(=O)=O)c4ccc(Cl)s4)cc3)c(=O)c2cc1F.[NaH]. The van der Waals surface area contributed by atoms with E-state index in [0.29, 0.717) is 9.34 Å². The molecule has 10 nitrogen and oxygen atoms in total. The van der Waals surface area contributed by atoms with Crippen LogP contribution in [0.15, 0.2) is 62.5 Å². The summed E-state index contributed by atoms with van der Waals surface area (Å²) in [5.74, 6) is -0.663. The second-order valence-electron chi connectivity index (χ2n) is 6.72. The summed E-state index contributed by atoms with van der Waals surface area (Å²) in [7, 11) is -1.48. The van der Waals surface area contributed by atoms with E-state index in [1.54, 1.807) is 0 Å². The number of benzene rings is 2. The van der Waals surface area contributed by atoms with Crippen molar-refractivity contribution in [1.82, 2.24) is 9.55 Å². The van der Waals surface area contributed by atoms with Gasteiger partial charge in [-0.25, -0.2) is 18.5 Å². The number of H-pyrrole nitrogens is 1. The van der Waals surface area contributed by atoms with Crippen molar-refractivity contribution in [3.63, 3.8) is 0 Å². The first-order chi connectivity index (χ1) is 16.2. The minimum absolute atomic E-state index is 0. The first kappa shape index (κ1) is 26.8. The van der Waals surface area contributed by atoms with Gasteiger partial charge >= 0.3 is 51.8 Å². The molecule has 0 saturated heterocycles. The van der Waals surface area contributed by atoms with Crippen LogP contribution in [0.3, 0.4) is 0 Å². The van der Waals surface area contributed by atoms with Crippen molar-refractivity contribution in [2.24, 2.45) is 4.36 Å². The van der Waals surface area contributed by atoms with E-state index in [1.165, 1.54) is 49.5 Å². The zero-order valence-corrected chi connectivity index (χ0v) is 19.5. The summed E-state index contributed by atoms with van der Waals surface area (Å²) in [6, 6.07) is 9.83. The van der Waals surface area contributed by atoms with Gasteiger partial charge in [0, 0.05) is 7.05 Å². The van der Waals surface area contributed by atoms with Crippen LogP contribution in [-0.4, -0.2) is 60.6 Å². The second kappa shape index (κ2) is 10.8. The number of hydrogen-bond acceptors (Lipinski definition) is 7. The van der Waals surface area contributed by atoms with Crippen LogP contribution in [0.5, 0.6) is 0 Å². The zero-order valence-electron chi connectivity index (χ0n) is 17.1. The number of aromatic amines is 1. The van der Waals surface area contributed by atoms with Gasteiger partial charge in [-0.2, -0.15) is 8.42 Å². The van der Waals surface area contributed by atoms with Gasteiger partial charge in [-0.1, -0.05) is 16.0 Å². The third kappa shape index (κ3) is 5.39. The molecule has 0 spiro atoms. The fourth-order valence-corrected chi connectivity index (χ4v) is 4.53. The van der Waals surface area contributed by atoms with Gasteiger partial charge in [0.05, 0.1) is 32.3 Å². The summed E-state index contributed by atoms with van der Waals surface area (Å²) < 4.78 is 40.2. The van der Waals surface area contributed by atoms with Gasteiger partial charge < -0.3 is 10.3 Å². The summed E-state index contributed by atoms with van der Waals surface area (Å²) in [5, 5.41) is 2.89. The Kier molecular flexibility index (Phi) is 8.30. The van der Waals surface area contributed by atoms with E-state index in [2.05, 4.69) is 14.7 Å². The van der Waals surface area contributed by atoms with Gasteiger partial charge in [0.2, 0.25) is 0 Å². The normalized spacial score (nSPS) is 10.5. The third-order valence-electron chi connectivity index (χ3n) is 4.74. The van der Waals surface area contributed by atoms with Gasteiger partial charge in [-0.3, -0.25) is 9.69 Å². The predicted octanol–water partition coefficient (Wildman–Crippen LogP) is 3.25. The maximum absolute atomic E-state index is 14.2. The quantitative estimate of drug-likeness (QED) is 0.378. The number of nitrogens with one attached hydrogen (secondary N) is 2. The molecule has 2 aromatic carbocycles. The molecule has 0 unspecified atom stereocenters. The number of anilines is 3. The number of rotatable bonds is 4. The number of amides is 2. The van der Waals surface area contributed by atoms with Crippen molar-refractivity contribution in [2.45, 2.75) is 0 Å². The fraction of sp³-hybridized carbons (Fsp3) is 0.0500. The van der Waals surface area contributed by atoms with Crippen molar-refractivity contribution in [2.75, 3.05) is 17.3 Å². The van der Waals surface area contributed by atoms with E-state index >= 15 is 0 Å². The number of urea groups is 1. The number of carbonyl (C=O) groups is 1. The van der Waals surface area contributed by atoms with Crippen LogP contribution < -0.4 is 21.5 Å². The van der Waals surface area contributed by atoms with Crippen molar-refractivity contribution in [1.29, 1.82) is 0 Å². The van der Waals surface area contributed by atoms with Crippen molar-refractivity contribution in [3.05, 3.63) is 79.5 Å². The summed E-state index contributed by atoms with van der Waals surface area (Å²) in [6.45, 7) is 0. The Morgan fingerprint density at radius 2 is 1.86 bits per heavy atom. The average molecular weight is 546 g/mol. The van der Waals surface area contributed by atoms with E-state index in [4.69, 9.17) is 11.6 Å². The first-order valence-electron chi connectivity index (χ1n) is 9.37. The van der Waals surface area contributed by atoms with Gasteiger partial charge in [0.1, 0.15) is 10.8 Å². The second-order valence-corrected chi connectivity index (χ2v) is 9.03. The fourth-order valence-electron chi connectivity index (χ4n) is 3.28. The topological polar surface area (TPSA) is 134 Å². The number of fused-ring (bicyclic) bond motifs is 1. The standard InChI is InChI=1S/C20H13ClFN5O5S2.Na.H/c1-23-15-9-14-12(8-13(15)22)18(28)27(19(29)24-14)11-4-2-10(3-5-11)26(20(30)25-34(31)32)17-7-6-16(21)33-17;;/h2-9,23H,1H3,(H,24,29);;. The molecular weight excluding hydrogens is 532 g/mol. The number of nitrogens with zero attached hydrogens (tertiary/aromatic N) is 3. The zero-order chi connectivity index (χ0) is 24.6. The molecule has 2 amide bonds. The Balaban J connectivity index is 0.00000342. The summed E-state index contributed by atoms with van der Waals surface area (Å²) in [5.41, 5.74) is -0.886. The van der Waals surface area contributed by atoms with E-state index in [1.807, 2.05) is 0 Å². The number of halogens is 2. The van der Waals surface area contributed by atoms with Crippen molar-refractivity contribution >= 4 is 96.3 Å². The molecule has 0 fully saturated rings. The molecule has 0 aliphatic rings. The number of hydrogen-bond donors (Lipinski definition) is 2. The summed E-state index contributed by atoms with van der Waals surface area (Å²) in [6.07, 6.45) is 0. The van der Waals surface area contributed by atoms with Crippen LogP contribution in [0.2, 0.25) is 4.34 Å². The molecule has 35 heavy (non-hydrogen) atoms. The number of aromatic nitrogens is 2. The maximum atomic E-state index is 14.2. The average Bonchev–Trinajstić information content (AvgIpc) is 3.20. The van der Waals surface area contributed by atoms with Crippen LogP contribution in [0.4, 0.5) is 25.6 Å². The molecule has 2 N–H and O–H groups in total. The molecule has 0 atom stereocenters. The molecule has 0 aliphatic heterocycles. The molecule has 2 heterocycles. The Morgan fingerprint density at radius 3 is 2.43 bits per heavy atom. The van der Waals surface area contributed by atoms with E-state index in [9.17, 15) is 27.2 Å². The molecular formula is C20H14ClFN5NaO5S2. The Labute approximate surface area is 229 Å². The van der Waals surface area contributed by atoms with E-state index in [-0.39, 0.29) is 57.5 Å². The Bertz CT molecular complexity index is 1690. The molecule has 176 valence electrons. The molecule has 15 heteroatoms. The molecule has 0 aliphatic carbocycles. The van der Waals surface area contributed by atoms with Crippen LogP contribution in [0.25, 0.3) is 16.6 Å². The molecule has 4 rings (SSSR count).